The van der Waals surface area contributed by atoms with E-state index in [0.29, 0.717) is 19.0 Å². The van der Waals surface area contributed by atoms with E-state index >= 15 is 0 Å². The number of nitrogens with one attached hydrogen (secondary N) is 1. The first-order valence-electron chi connectivity index (χ1n) is 11.8. The van der Waals surface area contributed by atoms with Crippen LogP contribution < -0.4 is 108 Å². The van der Waals surface area contributed by atoms with Crippen molar-refractivity contribution in [1.82, 2.24) is 19.5 Å². The Morgan fingerprint density at radius 1 is 0.953 bits per heavy atom. The molecule has 2 heterocycles. The van der Waals surface area contributed by atoms with Gasteiger partial charge in [-0.25, -0.2) is 19.6 Å². The molecule has 0 spiro atoms. The van der Waals surface area contributed by atoms with Crippen molar-refractivity contribution in [2.45, 2.75) is 13.8 Å². The number of aromatic amines is 1. The van der Waals surface area contributed by atoms with Crippen LogP contribution in [0.4, 0.5) is 0 Å². The third-order valence-corrected chi connectivity index (χ3v) is 5.77. The van der Waals surface area contributed by atoms with Crippen LogP contribution in [0.3, 0.4) is 0 Å². The third kappa shape index (κ3) is 16.5. The van der Waals surface area contributed by atoms with E-state index in [4.69, 9.17) is 19.5 Å². The number of H-pyrrole nitrogens is 1. The van der Waals surface area contributed by atoms with Gasteiger partial charge in [-0.2, -0.15) is 0 Å². The minimum atomic E-state index is -0.434. The molecule has 0 saturated heterocycles. The monoisotopic (exact) mass is 884 g/mol. The summed E-state index contributed by atoms with van der Waals surface area (Å²) in [6.07, 6.45) is 3.44. The van der Waals surface area contributed by atoms with Crippen molar-refractivity contribution in [3.05, 3.63) is 81.5 Å². The van der Waals surface area contributed by atoms with Gasteiger partial charge in [0.2, 0.25) is 11.6 Å². The molecule has 2 aromatic carbocycles. The second kappa shape index (κ2) is 26.3. The first kappa shape index (κ1) is 45.3. The van der Waals surface area contributed by atoms with Gasteiger partial charge in [0.25, 0.3) is 6.47 Å². The van der Waals surface area contributed by atoms with Crippen molar-refractivity contribution in [2.75, 3.05) is 18.1 Å². The van der Waals surface area contributed by atoms with Crippen LogP contribution in [-0.4, -0.2) is 56.1 Å². The number of halogens is 3. The smallest absolute Gasteiger partial charge is 1.00 e. The Bertz CT molecular complexity index is 1380. The number of carbonyl (C=O) groups excluding carboxylic acids is 3. The number of nitrogens with zero attached hydrogens (tertiary/aromatic N) is 3. The summed E-state index contributed by atoms with van der Waals surface area (Å²) in [6, 6.07) is 15.5. The SMILES string of the molecule is CCOC(=O)c1nc(-c2ccc(Br)cc2)cn1C.CCOC(=O)c1ncc(-c2ccc(Br)cc2)[nH]1.CI.O=CO[O-].[H-].[K+].[K+]. The van der Waals surface area contributed by atoms with Gasteiger partial charge in [0.1, 0.15) is 0 Å². The molecule has 0 aliphatic rings. The van der Waals surface area contributed by atoms with Crippen molar-refractivity contribution in [3.63, 3.8) is 0 Å². The summed E-state index contributed by atoms with van der Waals surface area (Å²) >= 11 is 8.90. The largest absolute Gasteiger partial charge is 1.00 e. The minimum absolute atomic E-state index is 0. The maximum atomic E-state index is 11.7. The van der Waals surface area contributed by atoms with Gasteiger partial charge in [-0.05, 0) is 48.6 Å². The number of alkyl halides is 1. The molecule has 4 rings (SSSR count). The molecule has 0 saturated carbocycles. The van der Waals surface area contributed by atoms with Gasteiger partial charge in [0.15, 0.2) is 0 Å². The third-order valence-electron chi connectivity index (χ3n) is 4.71. The average molecular weight is 886 g/mol. The van der Waals surface area contributed by atoms with Crippen LogP contribution in [0, 0.1) is 0 Å². The molecule has 43 heavy (non-hydrogen) atoms. The zero-order chi connectivity index (χ0) is 30.8. The molecular weight excluding hydrogens is 857 g/mol. The normalized spacial score (nSPS) is 9.02. The number of aryl methyl sites for hydroxylation is 1. The Kier molecular flexibility index (Phi) is 27.7. The molecule has 0 bridgehead atoms. The second-order valence-corrected chi connectivity index (χ2v) is 9.18. The molecule has 0 atom stereocenters. The molecule has 2 aromatic heterocycles. The zero-order valence-electron chi connectivity index (χ0n) is 25.6. The van der Waals surface area contributed by atoms with E-state index in [0.717, 1.165) is 31.5 Å². The summed E-state index contributed by atoms with van der Waals surface area (Å²) in [6.45, 7) is 4.04. The number of benzene rings is 2. The van der Waals surface area contributed by atoms with Crippen LogP contribution in [0.15, 0.2) is 69.9 Å². The van der Waals surface area contributed by atoms with Gasteiger partial charge >= 0.3 is 115 Å². The summed E-state index contributed by atoms with van der Waals surface area (Å²) in [4.78, 5) is 47.5. The number of ether oxygens (including phenoxy) is 2. The Balaban J connectivity index is -0.000000613. The van der Waals surface area contributed by atoms with Gasteiger partial charge < -0.3 is 30.6 Å². The molecule has 222 valence electrons. The first-order valence-corrected chi connectivity index (χ1v) is 15.5. The van der Waals surface area contributed by atoms with E-state index in [1.165, 1.54) is 0 Å². The van der Waals surface area contributed by atoms with E-state index in [-0.39, 0.29) is 116 Å². The van der Waals surface area contributed by atoms with E-state index in [2.05, 4.69) is 74.3 Å². The predicted molar refractivity (Wildman–Crippen MR) is 168 cm³/mol. The van der Waals surface area contributed by atoms with Crippen LogP contribution >= 0.6 is 54.5 Å². The number of aromatic nitrogens is 4. The van der Waals surface area contributed by atoms with Gasteiger partial charge in [0.05, 0.1) is 30.8 Å². The number of hydrogen-bond acceptors (Lipinski definition) is 9. The summed E-state index contributed by atoms with van der Waals surface area (Å²) in [5.74, 6) is -0.293. The molecule has 0 unspecified atom stereocenters. The molecule has 4 aromatic rings. The van der Waals surface area contributed by atoms with Gasteiger partial charge in [0, 0.05) is 27.8 Å². The molecule has 0 fully saturated rings. The predicted octanol–water partition coefficient (Wildman–Crippen LogP) is -0.351. The standard InChI is InChI=1S/C13H13BrN2O2.C12H11BrN2O2.CH3I.CH2O3.2K.H/c1-3-18-13(17)12-15-11(8-16(12)2)9-4-6-10(14)7-5-9;1-2-17-12(16)11-14-7-10(15-11)8-3-5-9(13)6-4-8;1-2;2-1-4-3;;;/h4-8H,3H2,1-2H3;3-7H,2H2,1H3,(H,14,15);1H3;1,3H;;;/q;;;;2*+1;-1/p-1. The number of carbonyl (C=O) groups is 3. The molecule has 0 radical (unpaired) electrons. The van der Waals surface area contributed by atoms with E-state index in [1.807, 2.05) is 59.7 Å². The molecule has 1 N–H and O–H groups in total. The molecular formula is C27H29Br2IK2N4O7. The van der Waals surface area contributed by atoms with Crippen LogP contribution in [0.25, 0.3) is 22.5 Å². The Labute approximate surface area is 367 Å². The Hall–Kier alpha value is 0.193. The average Bonchev–Trinajstić information content (AvgIpc) is 3.63. The van der Waals surface area contributed by atoms with Gasteiger partial charge in [-0.15, -0.1) is 0 Å². The summed E-state index contributed by atoms with van der Waals surface area (Å²) in [7, 11) is 1.78. The van der Waals surface area contributed by atoms with Crippen LogP contribution in [0.1, 0.15) is 36.5 Å². The quantitative estimate of drug-likeness (QED) is 0.0501. The van der Waals surface area contributed by atoms with Crippen molar-refractivity contribution in [2.24, 2.45) is 7.05 Å². The Morgan fingerprint density at radius 2 is 1.42 bits per heavy atom. The van der Waals surface area contributed by atoms with E-state index in [1.54, 1.807) is 31.7 Å². The topological polar surface area (TPSA) is 148 Å². The number of esters is 2. The van der Waals surface area contributed by atoms with Crippen molar-refractivity contribution >= 4 is 72.9 Å². The Morgan fingerprint density at radius 3 is 1.88 bits per heavy atom. The summed E-state index contributed by atoms with van der Waals surface area (Å²) in [5.41, 5.74) is 3.48. The summed E-state index contributed by atoms with van der Waals surface area (Å²) in [5, 5.41) is 8.43. The molecule has 0 amide bonds. The maximum Gasteiger partial charge on any atom is 1.00 e. The maximum absolute atomic E-state index is 11.7. The molecule has 11 nitrogen and oxygen atoms in total. The van der Waals surface area contributed by atoms with E-state index < -0.39 is 11.9 Å². The van der Waals surface area contributed by atoms with Crippen molar-refractivity contribution < 1.29 is 138 Å². The second-order valence-electron chi connectivity index (χ2n) is 7.35. The van der Waals surface area contributed by atoms with Crippen molar-refractivity contribution in [3.8, 4) is 22.5 Å². The zero-order valence-corrected chi connectivity index (χ0v) is 36.2. The van der Waals surface area contributed by atoms with Crippen LogP contribution in [0.5, 0.6) is 0 Å². The van der Waals surface area contributed by atoms with Crippen LogP contribution in [0.2, 0.25) is 0 Å². The molecule has 16 heteroatoms. The van der Waals surface area contributed by atoms with E-state index in [9.17, 15) is 9.59 Å². The minimum Gasteiger partial charge on any atom is -1.00 e. The summed E-state index contributed by atoms with van der Waals surface area (Å²) < 4.78 is 13.5. The number of imidazole rings is 2. The fourth-order valence-electron chi connectivity index (χ4n) is 3.01. The van der Waals surface area contributed by atoms with Crippen molar-refractivity contribution in [1.29, 1.82) is 0 Å². The molecule has 0 aliphatic carbocycles. The fourth-order valence-corrected chi connectivity index (χ4v) is 3.54. The first-order chi connectivity index (χ1) is 19.7. The van der Waals surface area contributed by atoms with Gasteiger partial charge in [-0.1, -0.05) is 78.7 Å². The van der Waals surface area contributed by atoms with Crippen LogP contribution in [-0.2, 0) is 26.2 Å². The van der Waals surface area contributed by atoms with Gasteiger partial charge in [-0.3, -0.25) is 4.79 Å². The number of hydrogen-bond donors (Lipinski definition) is 1. The fraction of sp³-hybridized carbons (Fsp3) is 0.222. The molecule has 0 aliphatic heterocycles. The number of rotatable bonds is 7.